The quantitative estimate of drug-likeness (QED) is 0.890. The van der Waals surface area contributed by atoms with Crippen LogP contribution in [0, 0.1) is 12.8 Å². The summed E-state index contributed by atoms with van der Waals surface area (Å²) in [5, 5.41) is 0. The number of hydrogen-bond acceptors (Lipinski definition) is 2. The molecule has 2 N–H and O–H groups in total. The third kappa shape index (κ3) is 3.33. The van der Waals surface area contributed by atoms with Gasteiger partial charge in [0.05, 0.1) is 12.0 Å². The lowest BCUT2D eigenvalue weighted by molar-refractivity contribution is -0.136. The molecule has 1 amide bonds. The lowest BCUT2D eigenvalue weighted by Gasteiger charge is -2.29. The summed E-state index contributed by atoms with van der Waals surface area (Å²) in [7, 11) is 1.84. The van der Waals surface area contributed by atoms with E-state index in [-0.39, 0.29) is 23.9 Å². The van der Waals surface area contributed by atoms with Gasteiger partial charge >= 0.3 is 0 Å². The number of nitrogens with zero attached hydrogens (tertiary/aromatic N) is 1. The van der Waals surface area contributed by atoms with Gasteiger partial charge in [-0.3, -0.25) is 4.79 Å². The van der Waals surface area contributed by atoms with Crippen LogP contribution < -0.4 is 5.73 Å². The normalized spacial score (nSPS) is 15.9. The molecule has 0 saturated carbocycles. The van der Waals surface area contributed by atoms with E-state index in [1.807, 2.05) is 27.8 Å². The van der Waals surface area contributed by atoms with E-state index < -0.39 is 0 Å². The predicted octanol–water partition coefficient (Wildman–Crippen LogP) is 2.50. The summed E-state index contributed by atoms with van der Waals surface area (Å²) in [6.45, 7) is 7.84. The smallest absolute Gasteiger partial charge is 0.227 e. The fourth-order valence-electron chi connectivity index (χ4n) is 1.81. The second-order valence-electron chi connectivity index (χ2n) is 5.18. The van der Waals surface area contributed by atoms with Gasteiger partial charge < -0.3 is 10.6 Å². The van der Waals surface area contributed by atoms with Crippen LogP contribution in [0.3, 0.4) is 0 Å². The van der Waals surface area contributed by atoms with Crippen LogP contribution in [0.25, 0.3) is 0 Å². The monoisotopic (exact) mass is 248 g/mol. The second-order valence-corrected chi connectivity index (χ2v) is 5.18. The van der Waals surface area contributed by atoms with Crippen molar-refractivity contribution in [2.75, 3.05) is 7.05 Å². The number of hydrogen-bond donors (Lipinski definition) is 1. The zero-order valence-corrected chi connectivity index (χ0v) is 12.0. The molecule has 0 aromatic heterocycles. The van der Waals surface area contributed by atoms with Crippen molar-refractivity contribution in [3.8, 4) is 0 Å². The Morgan fingerprint density at radius 1 is 1.17 bits per heavy atom. The standard InChI is InChI=1S/C15H24N2O/c1-10-6-8-14(9-7-10)13(4)17(5)15(18)11(2)12(3)16/h6-9,11-13H,16H2,1-5H3. The Morgan fingerprint density at radius 2 is 1.67 bits per heavy atom. The van der Waals surface area contributed by atoms with Gasteiger partial charge in [0, 0.05) is 13.1 Å². The first-order chi connectivity index (χ1) is 8.34. The summed E-state index contributed by atoms with van der Waals surface area (Å²) in [6, 6.07) is 8.23. The molecule has 3 atom stereocenters. The maximum atomic E-state index is 12.2. The van der Waals surface area contributed by atoms with Gasteiger partial charge in [-0.05, 0) is 26.3 Å². The first-order valence-electron chi connectivity index (χ1n) is 6.43. The van der Waals surface area contributed by atoms with Gasteiger partial charge in [-0.15, -0.1) is 0 Å². The largest absolute Gasteiger partial charge is 0.339 e. The number of nitrogens with two attached hydrogens (primary N) is 1. The van der Waals surface area contributed by atoms with E-state index in [9.17, 15) is 4.79 Å². The maximum Gasteiger partial charge on any atom is 0.227 e. The fourth-order valence-corrected chi connectivity index (χ4v) is 1.81. The Kier molecular flexibility index (Phi) is 4.91. The molecule has 0 radical (unpaired) electrons. The molecule has 0 aliphatic heterocycles. The molecule has 0 fully saturated rings. The molecule has 0 heterocycles. The highest BCUT2D eigenvalue weighted by Gasteiger charge is 2.24. The van der Waals surface area contributed by atoms with Gasteiger partial charge in [-0.1, -0.05) is 36.8 Å². The molecule has 1 aromatic carbocycles. The third-order valence-corrected chi connectivity index (χ3v) is 3.67. The van der Waals surface area contributed by atoms with E-state index in [0.29, 0.717) is 0 Å². The van der Waals surface area contributed by atoms with E-state index in [0.717, 1.165) is 5.56 Å². The lowest BCUT2D eigenvalue weighted by Crippen LogP contribution is -2.40. The van der Waals surface area contributed by atoms with Crippen LogP contribution in [-0.2, 0) is 4.79 Å². The molecule has 100 valence electrons. The van der Waals surface area contributed by atoms with Crippen LogP contribution in [0.15, 0.2) is 24.3 Å². The van der Waals surface area contributed by atoms with Gasteiger partial charge in [0.25, 0.3) is 0 Å². The average molecular weight is 248 g/mol. The van der Waals surface area contributed by atoms with E-state index in [1.54, 1.807) is 4.90 Å². The van der Waals surface area contributed by atoms with Crippen LogP contribution in [0.2, 0.25) is 0 Å². The first-order valence-corrected chi connectivity index (χ1v) is 6.43. The van der Waals surface area contributed by atoms with Crippen molar-refractivity contribution in [2.24, 2.45) is 11.7 Å². The molecule has 0 saturated heterocycles. The highest BCUT2D eigenvalue weighted by molar-refractivity contribution is 5.79. The predicted molar refractivity (Wildman–Crippen MR) is 75.2 cm³/mol. The van der Waals surface area contributed by atoms with Gasteiger partial charge in [0.2, 0.25) is 5.91 Å². The molecule has 0 bridgehead atoms. The van der Waals surface area contributed by atoms with Crippen molar-refractivity contribution in [3.63, 3.8) is 0 Å². The summed E-state index contributed by atoms with van der Waals surface area (Å²) in [5.74, 6) is -0.0547. The minimum atomic E-state index is -0.150. The molecule has 3 unspecified atom stereocenters. The molecule has 3 nitrogen and oxygen atoms in total. The third-order valence-electron chi connectivity index (χ3n) is 3.67. The van der Waals surface area contributed by atoms with Crippen molar-refractivity contribution >= 4 is 5.91 Å². The SMILES string of the molecule is Cc1ccc(C(C)N(C)C(=O)C(C)C(C)N)cc1. The minimum Gasteiger partial charge on any atom is -0.339 e. The van der Waals surface area contributed by atoms with E-state index in [1.165, 1.54) is 5.56 Å². The topological polar surface area (TPSA) is 46.3 Å². The van der Waals surface area contributed by atoms with Crippen molar-refractivity contribution in [1.29, 1.82) is 0 Å². The Morgan fingerprint density at radius 3 is 2.11 bits per heavy atom. The van der Waals surface area contributed by atoms with Crippen LogP contribution in [-0.4, -0.2) is 23.9 Å². The van der Waals surface area contributed by atoms with Gasteiger partial charge in [0.15, 0.2) is 0 Å². The van der Waals surface area contributed by atoms with Crippen LogP contribution in [0.4, 0.5) is 0 Å². The van der Waals surface area contributed by atoms with Crippen molar-refractivity contribution < 1.29 is 4.79 Å². The average Bonchev–Trinajstić information content (AvgIpc) is 2.36. The van der Waals surface area contributed by atoms with Gasteiger partial charge in [-0.2, -0.15) is 0 Å². The molecule has 1 rings (SSSR count). The maximum absolute atomic E-state index is 12.2. The van der Waals surface area contributed by atoms with Crippen LogP contribution in [0.1, 0.15) is 37.9 Å². The minimum absolute atomic E-state index is 0.0688. The van der Waals surface area contributed by atoms with Crippen LogP contribution >= 0.6 is 0 Å². The molecule has 18 heavy (non-hydrogen) atoms. The van der Waals surface area contributed by atoms with Crippen molar-refractivity contribution in [3.05, 3.63) is 35.4 Å². The van der Waals surface area contributed by atoms with Gasteiger partial charge in [0.1, 0.15) is 0 Å². The Balaban J connectivity index is 2.80. The zero-order chi connectivity index (χ0) is 13.9. The Bertz CT molecular complexity index is 397. The number of benzene rings is 1. The zero-order valence-electron chi connectivity index (χ0n) is 12.0. The summed E-state index contributed by atoms with van der Waals surface area (Å²) >= 11 is 0. The number of amides is 1. The van der Waals surface area contributed by atoms with E-state index >= 15 is 0 Å². The van der Waals surface area contributed by atoms with Crippen LogP contribution in [0.5, 0.6) is 0 Å². The fraction of sp³-hybridized carbons (Fsp3) is 0.533. The summed E-state index contributed by atoms with van der Waals surface area (Å²) in [5.41, 5.74) is 8.16. The first kappa shape index (κ1) is 14.7. The molecule has 1 aromatic rings. The molecular weight excluding hydrogens is 224 g/mol. The number of aryl methyl sites for hydroxylation is 1. The van der Waals surface area contributed by atoms with E-state index in [2.05, 4.69) is 31.2 Å². The Labute approximate surface area is 110 Å². The molecule has 0 aliphatic rings. The number of carbonyl (C=O) groups is 1. The van der Waals surface area contributed by atoms with Crippen molar-refractivity contribution in [1.82, 2.24) is 4.90 Å². The molecule has 3 heteroatoms. The molecular formula is C15H24N2O. The van der Waals surface area contributed by atoms with Crippen molar-refractivity contribution in [2.45, 2.75) is 39.8 Å². The summed E-state index contributed by atoms with van der Waals surface area (Å²) in [6.07, 6.45) is 0. The lowest BCUT2D eigenvalue weighted by atomic mass is 10.00. The number of carbonyl (C=O) groups excluding carboxylic acids is 1. The highest BCUT2D eigenvalue weighted by Crippen LogP contribution is 2.21. The molecule has 0 spiro atoms. The second kappa shape index (κ2) is 6.01. The summed E-state index contributed by atoms with van der Waals surface area (Å²) in [4.78, 5) is 14.0. The number of rotatable bonds is 4. The van der Waals surface area contributed by atoms with E-state index in [4.69, 9.17) is 5.73 Å². The summed E-state index contributed by atoms with van der Waals surface area (Å²) < 4.78 is 0. The highest BCUT2D eigenvalue weighted by atomic mass is 16.2. The van der Waals surface area contributed by atoms with Gasteiger partial charge in [-0.25, -0.2) is 0 Å². The molecule has 0 aliphatic carbocycles. The Hall–Kier alpha value is -1.35.